The van der Waals surface area contributed by atoms with E-state index in [2.05, 4.69) is 15.6 Å². The van der Waals surface area contributed by atoms with Gasteiger partial charge in [0.25, 0.3) is 11.8 Å². The number of hydrogen-bond donors (Lipinski definition) is 2. The van der Waals surface area contributed by atoms with E-state index in [0.717, 1.165) is 30.4 Å². The van der Waals surface area contributed by atoms with Gasteiger partial charge in [0.15, 0.2) is 47.7 Å². The van der Waals surface area contributed by atoms with Crippen molar-refractivity contribution in [1.82, 2.24) is 25.4 Å². The number of amides is 4. The number of carbonyl (C=O) groups is 6. The fourth-order valence-electron chi connectivity index (χ4n) is 12.6. The molecular formula is C75H93N5O18. The Morgan fingerprint density at radius 2 is 0.908 bits per heavy atom. The Hall–Kier alpha value is -9.93. The SMILES string of the molecule is CC[C@H](C(=O)N1CCCC[C@H]1C(=O)OC(CCc1cccnc1)c1cccc(OCC(=O)NCCNC(=O)COc2cccc(C(CCc3ccc(OC)c(OC)c3)OC(=O)[C@@H]3CCCCN3C(=O)[C@@H](CC)c3cc(OC)c(OC)c(OC)c3)c2)c1)c1cc(OC)c(OC)c(OC)c1. The number of methoxy groups -OCH3 is 8. The number of nitrogens with zero attached hydrogens (tertiary/aromatic N) is 3. The average molecular weight is 1350 g/mol. The van der Waals surface area contributed by atoms with Crippen molar-refractivity contribution in [3.63, 3.8) is 0 Å². The Labute approximate surface area is 573 Å². The molecule has 2 unspecified atom stereocenters. The molecule has 0 bridgehead atoms. The van der Waals surface area contributed by atoms with E-state index in [9.17, 15) is 28.8 Å². The molecule has 2 aliphatic rings. The molecule has 1 aromatic heterocycles. The molecule has 98 heavy (non-hydrogen) atoms. The highest BCUT2D eigenvalue weighted by Gasteiger charge is 2.40. The Kier molecular flexibility index (Phi) is 27.9. The lowest BCUT2D eigenvalue weighted by molar-refractivity contribution is -0.162. The molecule has 526 valence electrons. The maximum absolute atomic E-state index is 14.6. The number of likely N-dealkylation sites (tertiary alicyclic amines) is 2. The van der Waals surface area contributed by atoms with Crippen molar-refractivity contribution in [2.45, 2.75) is 127 Å². The summed E-state index contributed by atoms with van der Waals surface area (Å²) in [5.74, 6) is 0.715. The first kappa shape index (κ1) is 73.9. The van der Waals surface area contributed by atoms with E-state index < -0.39 is 59.9 Å². The van der Waals surface area contributed by atoms with E-state index in [0.29, 0.717) is 151 Å². The zero-order valence-corrected chi connectivity index (χ0v) is 57.9. The molecule has 3 heterocycles. The van der Waals surface area contributed by atoms with Gasteiger partial charge in [-0.05, 0) is 177 Å². The summed E-state index contributed by atoms with van der Waals surface area (Å²) in [6.45, 7) is 4.05. The standard InChI is InChI=1S/C75H93N5O18/c1-11-56(52-41-64(89-5)70(93-9)65(42-52)90-6)72(83)79-36-15-13-25-58(79)74(85)97-60(30-27-48-28-32-62(87-3)63(38-48)88-4)50-21-17-23-54(39-50)95-46-68(81)77-34-35-78-69(82)47-96-55-24-18-22-51(40-55)61(31-29-49-20-19-33-76-45-49)98-75(86)59-26-14-16-37-80(59)73(84)57(12-2)53-43-66(91-7)71(94-10)67(44-53)92-8/h17-24,28,32-33,38-45,56-61H,11-16,25-27,29-31,34-37,46-47H2,1-10H3,(H,77,81)(H,78,82)/t56-,57-,58-,59-,60?,61?/m0/s1. The van der Waals surface area contributed by atoms with Crippen molar-refractivity contribution in [2.75, 3.05) is 96.3 Å². The number of rotatable bonds is 35. The van der Waals surface area contributed by atoms with E-state index >= 15 is 0 Å². The van der Waals surface area contributed by atoms with Gasteiger partial charge in [-0.1, -0.05) is 50.2 Å². The van der Waals surface area contributed by atoms with Crippen LogP contribution in [-0.2, 0) is 51.1 Å². The lowest BCUT2D eigenvalue weighted by Gasteiger charge is -2.37. The van der Waals surface area contributed by atoms with Crippen molar-refractivity contribution in [3.05, 3.63) is 149 Å². The predicted molar refractivity (Wildman–Crippen MR) is 365 cm³/mol. The molecule has 2 aliphatic heterocycles. The Morgan fingerprint density at radius 1 is 0.469 bits per heavy atom. The molecule has 8 rings (SSSR count). The lowest BCUT2D eigenvalue weighted by atomic mass is 9.91. The number of aromatic nitrogens is 1. The van der Waals surface area contributed by atoms with Crippen molar-refractivity contribution in [2.24, 2.45) is 0 Å². The minimum absolute atomic E-state index is 0.0812. The molecule has 0 aliphatic carbocycles. The number of carbonyl (C=O) groups excluding carboxylic acids is 6. The molecule has 6 aromatic rings. The monoisotopic (exact) mass is 1350 g/mol. The van der Waals surface area contributed by atoms with Crippen LogP contribution in [0.4, 0.5) is 0 Å². The zero-order valence-electron chi connectivity index (χ0n) is 57.9. The molecule has 6 atom stereocenters. The number of nitrogens with one attached hydrogen (secondary N) is 2. The quantitative estimate of drug-likeness (QED) is 0.0277. The molecule has 23 nitrogen and oxygen atoms in total. The van der Waals surface area contributed by atoms with Gasteiger partial charge in [0.2, 0.25) is 23.3 Å². The molecule has 2 fully saturated rings. The molecular weight excluding hydrogens is 1260 g/mol. The van der Waals surface area contributed by atoms with Crippen LogP contribution in [0.2, 0.25) is 0 Å². The summed E-state index contributed by atoms with van der Waals surface area (Å²) in [5.41, 5.74) is 4.43. The number of benzene rings is 5. The Bertz CT molecular complexity index is 3590. The fraction of sp³-hybridized carbons (Fsp3) is 0.453. The Balaban J connectivity index is 0.866. The number of ether oxygens (including phenoxy) is 12. The highest BCUT2D eigenvalue weighted by Crippen LogP contribution is 2.44. The van der Waals surface area contributed by atoms with Gasteiger partial charge in [0, 0.05) is 38.6 Å². The topological polar surface area (TPSA) is 257 Å². The van der Waals surface area contributed by atoms with E-state index in [4.69, 9.17) is 56.8 Å². The van der Waals surface area contributed by atoms with E-state index in [-0.39, 0.29) is 38.1 Å². The van der Waals surface area contributed by atoms with Crippen molar-refractivity contribution in [3.8, 4) is 57.5 Å². The van der Waals surface area contributed by atoms with Crippen molar-refractivity contribution in [1.29, 1.82) is 0 Å². The number of aryl methyl sites for hydroxylation is 2. The minimum atomic E-state index is -0.855. The van der Waals surface area contributed by atoms with Gasteiger partial charge in [-0.3, -0.25) is 24.2 Å². The summed E-state index contributed by atoms with van der Waals surface area (Å²) in [5, 5.41) is 5.54. The van der Waals surface area contributed by atoms with Crippen LogP contribution in [0.15, 0.2) is 116 Å². The first-order valence-corrected chi connectivity index (χ1v) is 33.3. The van der Waals surface area contributed by atoms with Crippen LogP contribution in [0, 0.1) is 0 Å². The zero-order chi connectivity index (χ0) is 70.1. The van der Waals surface area contributed by atoms with Crippen LogP contribution < -0.4 is 58.0 Å². The third-order valence-electron chi connectivity index (χ3n) is 17.8. The van der Waals surface area contributed by atoms with Crippen LogP contribution in [0.5, 0.6) is 57.5 Å². The van der Waals surface area contributed by atoms with Crippen molar-refractivity contribution < 1.29 is 85.6 Å². The largest absolute Gasteiger partial charge is 0.493 e. The molecule has 0 saturated carbocycles. The summed E-state index contributed by atoms with van der Waals surface area (Å²) >= 11 is 0. The molecule has 4 amide bonds. The second-order valence-electron chi connectivity index (χ2n) is 23.8. The van der Waals surface area contributed by atoms with E-state index in [1.165, 1.54) is 42.7 Å². The molecule has 0 spiro atoms. The summed E-state index contributed by atoms with van der Waals surface area (Å²) in [7, 11) is 12.2. The van der Waals surface area contributed by atoms with Crippen LogP contribution in [-0.4, -0.2) is 159 Å². The normalized spacial score (nSPS) is 15.6. The van der Waals surface area contributed by atoms with Crippen LogP contribution in [0.3, 0.4) is 0 Å². The third kappa shape index (κ3) is 19.2. The van der Waals surface area contributed by atoms with Crippen LogP contribution in [0.1, 0.15) is 135 Å². The lowest BCUT2D eigenvalue weighted by Crippen LogP contribution is -2.50. The first-order chi connectivity index (χ1) is 47.6. The highest BCUT2D eigenvalue weighted by atomic mass is 16.6. The van der Waals surface area contributed by atoms with Crippen LogP contribution >= 0.6 is 0 Å². The molecule has 5 aromatic carbocycles. The molecule has 23 heteroatoms. The predicted octanol–water partition coefficient (Wildman–Crippen LogP) is 10.4. The number of pyridine rings is 1. The number of esters is 2. The van der Waals surface area contributed by atoms with Gasteiger partial charge >= 0.3 is 11.9 Å². The summed E-state index contributed by atoms with van der Waals surface area (Å²) in [6, 6.07) is 28.8. The minimum Gasteiger partial charge on any atom is -0.493 e. The first-order valence-electron chi connectivity index (χ1n) is 33.3. The Morgan fingerprint density at radius 3 is 1.31 bits per heavy atom. The summed E-state index contributed by atoms with van der Waals surface area (Å²) < 4.78 is 69.4. The van der Waals surface area contributed by atoms with Crippen molar-refractivity contribution >= 4 is 35.6 Å². The van der Waals surface area contributed by atoms with Crippen LogP contribution in [0.25, 0.3) is 0 Å². The third-order valence-corrected chi connectivity index (χ3v) is 17.8. The van der Waals surface area contributed by atoms with Gasteiger partial charge in [-0.25, -0.2) is 9.59 Å². The second kappa shape index (κ2) is 37.0. The smallest absolute Gasteiger partial charge is 0.329 e. The maximum Gasteiger partial charge on any atom is 0.329 e. The number of piperidine rings is 2. The molecule has 2 saturated heterocycles. The van der Waals surface area contributed by atoms with E-state index in [1.54, 1.807) is 97.1 Å². The summed E-state index contributed by atoms with van der Waals surface area (Å²) in [6.07, 6.45) is 8.26. The van der Waals surface area contributed by atoms with Gasteiger partial charge < -0.3 is 77.3 Å². The highest BCUT2D eigenvalue weighted by molar-refractivity contribution is 5.90. The van der Waals surface area contributed by atoms with Gasteiger partial charge in [-0.15, -0.1) is 0 Å². The van der Waals surface area contributed by atoms with Gasteiger partial charge in [0.1, 0.15) is 35.8 Å². The maximum atomic E-state index is 14.6. The van der Waals surface area contributed by atoms with Gasteiger partial charge in [0.05, 0.1) is 68.7 Å². The average Bonchev–Trinajstić information content (AvgIpc) is 0.825. The second-order valence-corrected chi connectivity index (χ2v) is 23.8. The summed E-state index contributed by atoms with van der Waals surface area (Å²) in [4.78, 5) is 92.2. The molecule has 0 radical (unpaired) electrons. The molecule has 2 N–H and O–H groups in total. The van der Waals surface area contributed by atoms with Gasteiger partial charge in [-0.2, -0.15) is 0 Å². The fourth-order valence-corrected chi connectivity index (χ4v) is 12.6. The van der Waals surface area contributed by atoms with E-state index in [1.807, 2.05) is 56.3 Å². The number of hydrogen-bond acceptors (Lipinski definition) is 19.